The smallest absolute Gasteiger partial charge is 0.417 e. The minimum Gasteiger partial charge on any atom is -0.466 e. The quantitative estimate of drug-likeness (QED) is 0.188. The molecule has 3 aromatic rings. The van der Waals surface area contributed by atoms with Crippen LogP contribution < -0.4 is 11.1 Å². The van der Waals surface area contributed by atoms with Crippen molar-refractivity contribution in [1.82, 2.24) is 34.4 Å². The Balaban J connectivity index is 0.000000268. The highest BCUT2D eigenvalue weighted by molar-refractivity contribution is 5.91. The van der Waals surface area contributed by atoms with Crippen molar-refractivity contribution in [2.45, 2.75) is 84.8 Å². The third-order valence-electron chi connectivity index (χ3n) is 13.3. The van der Waals surface area contributed by atoms with Gasteiger partial charge in [-0.05, 0) is 100 Å². The van der Waals surface area contributed by atoms with Crippen LogP contribution in [0.3, 0.4) is 0 Å². The van der Waals surface area contributed by atoms with Gasteiger partial charge in [-0.3, -0.25) is 19.5 Å². The Bertz CT molecular complexity index is 2080. The van der Waals surface area contributed by atoms with Crippen molar-refractivity contribution in [1.29, 1.82) is 0 Å². The number of aryl methyl sites for hydroxylation is 1. The van der Waals surface area contributed by atoms with E-state index in [9.17, 15) is 24.0 Å². The van der Waals surface area contributed by atoms with Gasteiger partial charge < -0.3 is 48.4 Å². The Morgan fingerprint density at radius 3 is 2.29 bits per heavy atom. The first-order valence-electron chi connectivity index (χ1n) is 23.4. The molecule has 1 aromatic heterocycles. The van der Waals surface area contributed by atoms with E-state index in [0.717, 1.165) is 107 Å². The number of rotatable bonds is 12. The SMILES string of the molecule is C.CC1CCN(CCC(=O)OCCCN2CCOCC2)CC1.Cc1cc(C[C@@H](OC(=O)N2CCC(N3CCc4ccccc4NC3=O)CC2)C(=O)N2CCN(C)CC2)cc2oc(=O)[nH]c12. The molecule has 0 spiro atoms. The number of carbonyl (C=O) groups excluding carboxylic acids is 4. The van der Waals surface area contributed by atoms with Crippen LogP contribution in [0.1, 0.15) is 69.6 Å². The number of fused-ring (bicyclic) bond motifs is 2. The highest BCUT2D eigenvalue weighted by atomic mass is 16.6. The topological polar surface area (TPSA) is 173 Å². The minimum atomic E-state index is -1.02. The average molecular weight is 905 g/mol. The molecule has 2 N–H and O–H groups in total. The monoisotopic (exact) mass is 905 g/mol. The van der Waals surface area contributed by atoms with Crippen molar-refractivity contribution < 1.29 is 37.8 Å². The number of likely N-dealkylation sites (N-methyl/N-ethyl adjacent to an activating group) is 1. The predicted octanol–water partition coefficient (Wildman–Crippen LogP) is 4.82. The molecule has 5 aliphatic rings. The van der Waals surface area contributed by atoms with Gasteiger partial charge >= 0.3 is 23.8 Å². The molecule has 2 aromatic carbocycles. The van der Waals surface area contributed by atoms with E-state index in [1.54, 1.807) is 15.9 Å². The lowest BCUT2D eigenvalue weighted by Crippen LogP contribution is -2.53. The van der Waals surface area contributed by atoms with E-state index in [4.69, 9.17) is 18.6 Å². The minimum absolute atomic E-state index is 0. The lowest BCUT2D eigenvalue weighted by Gasteiger charge is -2.38. The molecule has 0 unspecified atom stereocenters. The number of anilines is 1. The van der Waals surface area contributed by atoms with Crippen LogP contribution >= 0.6 is 0 Å². The summed E-state index contributed by atoms with van der Waals surface area (Å²) in [6, 6.07) is 11.3. The van der Waals surface area contributed by atoms with Crippen LogP contribution in [0.2, 0.25) is 0 Å². The first kappa shape index (κ1) is 49.5. The van der Waals surface area contributed by atoms with E-state index in [1.165, 1.54) is 12.8 Å². The second-order valence-corrected chi connectivity index (χ2v) is 18.1. The molecular formula is C48H72N8O9. The van der Waals surface area contributed by atoms with Crippen molar-refractivity contribution in [2.75, 3.05) is 117 Å². The van der Waals surface area contributed by atoms with Gasteiger partial charge in [0.25, 0.3) is 5.91 Å². The zero-order valence-electron chi connectivity index (χ0n) is 38.0. The number of para-hydroxylation sites is 1. The highest BCUT2D eigenvalue weighted by Crippen LogP contribution is 2.26. The number of nitrogens with zero attached hydrogens (tertiary/aromatic N) is 6. The molecule has 0 bridgehead atoms. The number of hydrogen-bond acceptors (Lipinski definition) is 12. The van der Waals surface area contributed by atoms with Crippen LogP contribution in [0, 0.1) is 12.8 Å². The van der Waals surface area contributed by atoms with Crippen molar-refractivity contribution in [3.05, 3.63) is 63.6 Å². The number of piperidine rings is 2. The molecule has 17 nitrogen and oxygen atoms in total. The molecule has 0 saturated carbocycles. The molecule has 17 heteroatoms. The molecule has 4 amide bonds. The molecular weight excluding hydrogens is 833 g/mol. The summed E-state index contributed by atoms with van der Waals surface area (Å²) in [5, 5.41) is 3.03. The van der Waals surface area contributed by atoms with Crippen molar-refractivity contribution in [3.8, 4) is 0 Å². The van der Waals surface area contributed by atoms with Gasteiger partial charge in [0.05, 0.1) is 31.8 Å². The number of benzene rings is 2. The predicted molar refractivity (Wildman–Crippen MR) is 249 cm³/mol. The number of ether oxygens (including phenoxy) is 3. The van der Waals surface area contributed by atoms with E-state index < -0.39 is 18.0 Å². The summed E-state index contributed by atoms with van der Waals surface area (Å²) in [6.45, 7) is 16.6. The summed E-state index contributed by atoms with van der Waals surface area (Å²) in [6.07, 6.45) is 4.59. The number of amides is 4. The van der Waals surface area contributed by atoms with Crippen molar-refractivity contribution >= 4 is 40.8 Å². The number of hydrogen-bond donors (Lipinski definition) is 2. The first-order chi connectivity index (χ1) is 31.0. The largest absolute Gasteiger partial charge is 0.466 e. The van der Waals surface area contributed by atoms with Crippen LogP contribution in [0.5, 0.6) is 0 Å². The van der Waals surface area contributed by atoms with Gasteiger partial charge in [-0.1, -0.05) is 38.6 Å². The van der Waals surface area contributed by atoms with Crippen LogP contribution in [0.25, 0.3) is 11.1 Å². The fraction of sp³-hybridized carbons (Fsp3) is 0.646. The summed E-state index contributed by atoms with van der Waals surface area (Å²) in [4.78, 5) is 78.4. The Kier molecular flexibility index (Phi) is 18.3. The Labute approximate surface area is 383 Å². The molecule has 0 aliphatic carbocycles. The molecule has 1 atom stereocenters. The Hall–Kier alpha value is -4.97. The summed E-state index contributed by atoms with van der Waals surface area (Å²) < 4.78 is 21.8. The molecule has 8 rings (SSSR count). The van der Waals surface area contributed by atoms with Gasteiger partial charge in [-0.15, -0.1) is 0 Å². The molecule has 0 radical (unpaired) electrons. The van der Waals surface area contributed by atoms with Crippen molar-refractivity contribution in [3.63, 3.8) is 0 Å². The average Bonchev–Trinajstić information content (AvgIpc) is 3.60. The normalized spacial score (nSPS) is 19.9. The highest BCUT2D eigenvalue weighted by Gasteiger charge is 2.35. The number of H-pyrrole nitrogens is 1. The fourth-order valence-electron chi connectivity index (χ4n) is 9.24. The van der Waals surface area contributed by atoms with E-state index in [1.807, 2.05) is 49.2 Å². The number of aromatic nitrogens is 1. The number of carbonyl (C=O) groups is 4. The van der Waals surface area contributed by atoms with Gasteiger partial charge in [0, 0.05) is 90.1 Å². The Morgan fingerprint density at radius 1 is 0.846 bits per heavy atom. The lowest BCUT2D eigenvalue weighted by atomic mass is 9.99. The van der Waals surface area contributed by atoms with Crippen LogP contribution in [-0.4, -0.2) is 182 Å². The van der Waals surface area contributed by atoms with Gasteiger partial charge in [0.2, 0.25) is 0 Å². The molecule has 65 heavy (non-hydrogen) atoms. The van der Waals surface area contributed by atoms with Crippen molar-refractivity contribution in [2.24, 2.45) is 5.92 Å². The third-order valence-corrected chi connectivity index (χ3v) is 13.3. The summed E-state index contributed by atoms with van der Waals surface area (Å²) >= 11 is 0. The summed E-state index contributed by atoms with van der Waals surface area (Å²) in [5.41, 5.74) is 4.51. The maximum Gasteiger partial charge on any atom is 0.417 e. The number of urea groups is 1. The van der Waals surface area contributed by atoms with Gasteiger partial charge in [0.1, 0.15) is 0 Å². The lowest BCUT2D eigenvalue weighted by molar-refractivity contribution is -0.144. The standard InChI is InChI=1S/C31H38N6O6.C16H30N2O3.CH4/c1-20-17-21(18-25-27(20)33-30(40)42-25)19-26(28(38)35-15-13-34(2)14-16-35)43-31(41)36-10-8-23(9-11-36)37-12-7-22-5-3-4-6-24(22)32-29(37)39;1-15-3-7-18(8-4-15)9-5-16(19)21-12-2-6-17-10-13-20-14-11-17;/h3-6,17-18,23,26H,7-16,19H2,1-2H3,(H,32,39)(H,33,40);15H,2-14H2,1H3;1H4/t26-;;/m1../s1. The van der Waals surface area contributed by atoms with E-state index in [0.29, 0.717) is 69.7 Å². The molecule has 4 fully saturated rings. The maximum atomic E-state index is 13.7. The van der Waals surface area contributed by atoms with E-state index in [2.05, 4.69) is 31.9 Å². The number of oxazole rings is 1. The van der Waals surface area contributed by atoms with Gasteiger partial charge in [-0.2, -0.15) is 0 Å². The zero-order chi connectivity index (χ0) is 45.0. The number of piperazine rings is 1. The second kappa shape index (κ2) is 24.0. The van der Waals surface area contributed by atoms with E-state index in [-0.39, 0.29) is 37.8 Å². The number of aromatic amines is 1. The maximum absolute atomic E-state index is 13.7. The van der Waals surface area contributed by atoms with Crippen LogP contribution in [-0.2, 0) is 36.6 Å². The second-order valence-electron chi connectivity index (χ2n) is 18.1. The summed E-state index contributed by atoms with van der Waals surface area (Å²) in [7, 11) is 2.01. The summed E-state index contributed by atoms with van der Waals surface area (Å²) in [5.74, 6) is 0.0201. The molecule has 358 valence electrons. The molecule has 5 aliphatic heterocycles. The third kappa shape index (κ3) is 14.0. The fourth-order valence-corrected chi connectivity index (χ4v) is 9.24. The van der Waals surface area contributed by atoms with Crippen LogP contribution in [0.4, 0.5) is 15.3 Å². The van der Waals surface area contributed by atoms with Gasteiger partial charge in [-0.25, -0.2) is 14.4 Å². The first-order valence-corrected chi connectivity index (χ1v) is 23.4. The number of nitrogens with one attached hydrogen (secondary N) is 2. The molecule has 4 saturated heterocycles. The van der Waals surface area contributed by atoms with Crippen LogP contribution in [0.15, 0.2) is 45.6 Å². The number of morpholine rings is 1. The zero-order valence-corrected chi connectivity index (χ0v) is 38.0. The number of esters is 1. The van der Waals surface area contributed by atoms with Gasteiger partial charge in [0.15, 0.2) is 11.7 Å². The Morgan fingerprint density at radius 2 is 1.55 bits per heavy atom. The van der Waals surface area contributed by atoms with E-state index >= 15 is 0 Å². The number of likely N-dealkylation sites (tertiary alicyclic amines) is 2. The molecule has 6 heterocycles.